The van der Waals surface area contributed by atoms with Crippen LogP contribution >= 0.6 is 7.37 Å². The Labute approximate surface area is 656 Å². The molecule has 6 N–H and O–H groups in total. The molecule has 612 valence electrons. The fraction of sp³-hybridized carbons (Fsp3) is 0.487. The summed E-state index contributed by atoms with van der Waals surface area (Å²) in [5, 5.41) is 32.0. The Morgan fingerprint density at radius 1 is 0.652 bits per heavy atom. The van der Waals surface area contributed by atoms with Crippen LogP contribution in [-0.2, 0) is 108 Å². The maximum atomic E-state index is 14.3. The number of allylic oxidation sites excluding steroid dienone is 7. The quantitative estimate of drug-likeness (QED) is 0.0104. The largest absolute Gasteiger partial charge is 0.748 e. The number of benzene rings is 4. The molecule has 0 saturated carbocycles. The Morgan fingerprint density at radius 3 is 1.82 bits per heavy atom. The summed E-state index contributed by atoms with van der Waals surface area (Å²) in [6, 6.07) is 31.5. The lowest BCUT2D eigenvalue weighted by atomic mass is 9.81. The minimum Gasteiger partial charge on any atom is -0.748 e. The van der Waals surface area contributed by atoms with E-state index in [2.05, 4.69) is 85.0 Å². The van der Waals surface area contributed by atoms with Gasteiger partial charge in [-0.25, -0.2) is 8.42 Å². The molecule has 112 heavy (non-hydrogen) atoms. The molecule has 0 fully saturated rings. The van der Waals surface area contributed by atoms with Crippen molar-refractivity contribution in [3.63, 3.8) is 0 Å². The average Bonchev–Trinajstić information content (AvgIpc) is 1.60. The molecule has 34 heteroatoms. The number of Topliss-reactive ketones (excluding diaryl/α,β-unsaturated/α-hetero) is 2. The Kier molecular flexibility index (Phi) is 39.9. The lowest BCUT2D eigenvalue weighted by Crippen LogP contribution is -2.43. The molecule has 4 aromatic rings. The van der Waals surface area contributed by atoms with E-state index >= 15 is 0 Å². The smallest absolute Gasteiger partial charge is 0.425 e. The van der Waals surface area contributed by atoms with E-state index in [9.17, 15) is 74.4 Å². The topological polar surface area (TPSA) is 476 Å². The third-order valence-corrected chi connectivity index (χ3v) is 23.0. The highest BCUT2D eigenvalue weighted by Gasteiger charge is 2.44. The lowest BCUT2D eigenvalue weighted by Gasteiger charge is -2.28. The summed E-state index contributed by atoms with van der Waals surface area (Å²) in [6.07, 6.45) is 15.9. The summed E-state index contributed by atoms with van der Waals surface area (Å²) < 4.78 is 140. The van der Waals surface area contributed by atoms with Crippen LogP contribution in [0.1, 0.15) is 185 Å². The van der Waals surface area contributed by atoms with Gasteiger partial charge in [0, 0.05) is 97.7 Å². The highest BCUT2D eigenvalue weighted by atomic mass is 32.2. The lowest BCUT2D eigenvalue weighted by molar-refractivity contribution is -0.438. The number of aliphatic carboxylic acids is 3. The second-order valence-corrected chi connectivity index (χ2v) is 34.9. The van der Waals surface area contributed by atoms with Crippen LogP contribution in [0.3, 0.4) is 0 Å². The number of ether oxygens (including phenoxy) is 1. The van der Waals surface area contributed by atoms with Gasteiger partial charge in [-0.1, -0.05) is 124 Å². The third-order valence-electron chi connectivity index (χ3n) is 19.3. The van der Waals surface area contributed by atoms with E-state index in [1.165, 1.54) is 0 Å². The Morgan fingerprint density at radius 2 is 1.21 bits per heavy atom. The molecular weight excluding hydrogens is 1550 g/mol. The van der Waals surface area contributed by atoms with Gasteiger partial charge in [0.2, 0.25) is 19.0 Å². The van der Waals surface area contributed by atoms with Crippen LogP contribution in [0, 0.1) is 11.8 Å². The normalized spacial score (nSPS) is 16.2. The standard InChI is InChI=1S/C77H100N3O18PS2.CO2.2O3S/c1-76(2)63-30-14-16-32-66(63)79(46-19-22-49-100(92,93)94)69(76)44-39-57-27-24-28-58(40-45-70-77(3,4)64-31-15-17-33-67(64)80(70)47-20-23-50-101(95,96)97)73(57)98-62-42-36-56(37-43-62)51-60(75(88)89)53-68(82)65(52-55-25-10-9-11-26-55)78-71(83)34-13-8-6-5-7-12-29-61(81)41-38-59(74(86)87)54-99(90,91)48-21-18-35-72(84)85;2-1-3;2*1-4(2)3/h9-11,14-17,25-26,30-33,36-37,39-40,42-45,59-60,65H,5-8,12-13,18-24,27-29,34-35,38,41,46-54H2,1-4H3,(H6-,78,83,84,85,86,87,88,89,90,91,92,93,94,95,96,97);;;/t59-,60-,65+;;;/m1.../s1. The monoisotopic (exact) mass is 1650 g/mol. The van der Waals surface area contributed by atoms with Gasteiger partial charge in [0.25, 0.3) is 10.1 Å². The number of nitrogens with one attached hydrogen (secondary N) is 1. The van der Waals surface area contributed by atoms with Gasteiger partial charge < -0.3 is 39.7 Å². The van der Waals surface area contributed by atoms with Crippen molar-refractivity contribution in [3.05, 3.63) is 172 Å². The minimum absolute atomic E-state index is 0.00126. The molecule has 7 rings (SSSR count). The summed E-state index contributed by atoms with van der Waals surface area (Å²) in [7, 11) is -18.6. The number of unbranched alkanes of at least 4 members (excludes halogenated alkanes) is 8. The van der Waals surface area contributed by atoms with Gasteiger partial charge in [-0.05, 0) is 156 Å². The molecule has 29 nitrogen and oxygen atoms in total. The molecule has 1 unspecified atom stereocenters. The highest BCUT2D eigenvalue weighted by molar-refractivity contribution is 7.86. The number of ketones is 2. The van der Waals surface area contributed by atoms with E-state index in [-0.39, 0.29) is 107 Å². The van der Waals surface area contributed by atoms with Crippen molar-refractivity contribution < 1.29 is 124 Å². The van der Waals surface area contributed by atoms with E-state index in [4.69, 9.17) is 44.7 Å². The zero-order valence-corrected chi connectivity index (χ0v) is 67.3. The molecular formula is C78H100N3O26PS4. The first-order chi connectivity index (χ1) is 52.7. The summed E-state index contributed by atoms with van der Waals surface area (Å²) in [5.74, 6) is -6.37. The second kappa shape index (κ2) is 46.8. The molecule has 3 aliphatic rings. The van der Waals surface area contributed by atoms with E-state index in [0.717, 1.165) is 76.3 Å². The van der Waals surface area contributed by atoms with Crippen molar-refractivity contribution in [2.45, 2.75) is 192 Å². The molecule has 0 aromatic heterocycles. The first-order valence-corrected chi connectivity index (χ1v) is 43.9. The van der Waals surface area contributed by atoms with Crippen LogP contribution in [0.4, 0.5) is 11.4 Å². The number of carboxylic acids is 3. The van der Waals surface area contributed by atoms with Gasteiger partial charge in [0.05, 0.1) is 39.2 Å². The van der Waals surface area contributed by atoms with E-state index < -0.39 is 113 Å². The molecule has 2 heterocycles. The van der Waals surface area contributed by atoms with Gasteiger partial charge in [0.15, 0.2) is 11.5 Å². The molecule has 0 saturated heterocycles. The van der Waals surface area contributed by atoms with Crippen LogP contribution in [0.15, 0.2) is 150 Å². The molecule has 0 bridgehead atoms. The minimum atomic E-state index is -4.39. The molecule has 1 amide bonds. The maximum Gasteiger partial charge on any atom is 0.425 e. The van der Waals surface area contributed by atoms with Crippen LogP contribution in [0.2, 0.25) is 0 Å². The average molecular weight is 1650 g/mol. The first kappa shape index (κ1) is 95.3. The SMILES string of the molecule is CC1(C)C(=CC=C2CCCC(C=CC3=[N+](CCCCS(=O)(=O)O)c4ccccc4C3(C)C)=C2Oc2ccc(C[C@H](CC(=O)[C@H](Cc3ccccc3)NC(=O)CCCCCCCCC(=O)CC[C@H](CP(=O)(O)CCCCC(=O)O)C(=O)O)C(=O)O)cc2)N(CCCCS(=O)(=O)[O-])c2ccccc21.O=C=O.O=S(=O)=O.O=S(=O)=O. The van der Waals surface area contributed by atoms with Crippen molar-refractivity contribution in [3.8, 4) is 5.75 Å². The number of carbonyl (C=O) groups is 6. The van der Waals surface area contributed by atoms with Gasteiger partial charge in [-0.15, -0.1) is 25.3 Å². The number of amides is 1. The van der Waals surface area contributed by atoms with Crippen LogP contribution < -0.4 is 15.0 Å². The summed E-state index contributed by atoms with van der Waals surface area (Å²) in [4.78, 5) is 105. The van der Waals surface area contributed by atoms with Gasteiger partial charge >= 0.3 is 45.3 Å². The van der Waals surface area contributed by atoms with Crippen LogP contribution in [0.25, 0.3) is 0 Å². The van der Waals surface area contributed by atoms with Crippen molar-refractivity contribution in [2.75, 3.05) is 41.8 Å². The molecule has 4 aromatic carbocycles. The maximum absolute atomic E-state index is 14.3. The molecule has 2 aliphatic heterocycles. The van der Waals surface area contributed by atoms with E-state index in [1.54, 1.807) is 24.3 Å². The second-order valence-electron chi connectivity index (χ2n) is 28.5. The number of hydrogen-bond donors (Lipinski definition) is 6. The molecule has 0 spiro atoms. The summed E-state index contributed by atoms with van der Waals surface area (Å²) >= 11 is 0. The Balaban J connectivity index is 0.00000225. The number of carboxylic acid groups (broad SMARTS) is 3. The number of rotatable bonds is 44. The van der Waals surface area contributed by atoms with Crippen molar-refractivity contribution >= 4 is 107 Å². The Hall–Kier alpha value is -9.04. The summed E-state index contributed by atoms with van der Waals surface area (Å²) in [5.41, 5.74) is 8.51. The predicted molar refractivity (Wildman–Crippen MR) is 413 cm³/mol. The Bertz CT molecular complexity index is 4610. The molecule has 1 aliphatic carbocycles. The summed E-state index contributed by atoms with van der Waals surface area (Å²) in [6.45, 7) is 9.57. The van der Waals surface area contributed by atoms with Crippen molar-refractivity contribution in [2.24, 2.45) is 11.8 Å². The fourth-order valence-electron chi connectivity index (χ4n) is 13.8. The number of anilines is 1. The van der Waals surface area contributed by atoms with Crippen molar-refractivity contribution in [1.29, 1.82) is 0 Å². The van der Waals surface area contributed by atoms with Crippen LogP contribution in [-0.4, -0.2) is 166 Å². The fourth-order valence-corrected chi connectivity index (χ4v) is 16.9. The van der Waals surface area contributed by atoms with Gasteiger partial charge in [-0.3, -0.25) is 37.9 Å². The molecule has 0 radical (unpaired) electrons. The third kappa shape index (κ3) is 34.1. The van der Waals surface area contributed by atoms with E-state index in [0.29, 0.717) is 75.1 Å². The number of para-hydroxylation sites is 2. The zero-order valence-electron chi connectivity index (χ0n) is 63.1. The predicted octanol–water partition coefficient (Wildman–Crippen LogP) is 10.8. The number of carbonyl (C=O) groups excluding carboxylic acids is 5. The first-order valence-electron chi connectivity index (χ1n) is 36.7. The number of nitrogens with zero attached hydrogens (tertiary/aromatic N) is 2. The van der Waals surface area contributed by atoms with Gasteiger partial charge in [0.1, 0.15) is 23.8 Å². The van der Waals surface area contributed by atoms with Crippen molar-refractivity contribution in [1.82, 2.24) is 5.32 Å². The zero-order chi connectivity index (χ0) is 83.4. The number of fused-ring (bicyclic) bond motifs is 2. The van der Waals surface area contributed by atoms with Gasteiger partial charge in [-0.2, -0.15) is 22.6 Å². The van der Waals surface area contributed by atoms with E-state index in [1.807, 2.05) is 60.7 Å². The number of hydrogen-bond acceptors (Lipinski definition) is 22. The van der Waals surface area contributed by atoms with Crippen LogP contribution in [0.5, 0.6) is 5.75 Å². The highest BCUT2D eigenvalue weighted by Crippen LogP contribution is 2.49. The molecule has 4 atom stereocenters.